The largest absolute Gasteiger partial charge is 0.481 e. The molecule has 1 atom stereocenters. The maximum Gasteiger partial charge on any atom is 0.303 e. The van der Waals surface area contributed by atoms with Gasteiger partial charge >= 0.3 is 5.97 Å². The maximum atomic E-state index is 12.0. The van der Waals surface area contributed by atoms with Crippen LogP contribution >= 0.6 is 0 Å². The molecule has 4 rings (SSSR count). The molecule has 3 heterocycles. The molecule has 0 saturated carbocycles. The Hall–Kier alpha value is -3.00. The summed E-state index contributed by atoms with van der Waals surface area (Å²) in [5.41, 5.74) is 1.87. The van der Waals surface area contributed by atoms with Gasteiger partial charge in [0.05, 0.1) is 0 Å². The normalized spacial score (nSPS) is 18.9. The van der Waals surface area contributed by atoms with Crippen molar-refractivity contribution in [1.82, 2.24) is 20.2 Å². The number of hydrogen-bond donors (Lipinski definition) is 2. The number of nitrogens with one attached hydrogen (secondary N) is 1. The first-order valence-corrected chi connectivity index (χ1v) is 8.97. The number of hydrogen-bond acceptors (Lipinski definition) is 6. The zero-order valence-corrected chi connectivity index (χ0v) is 15.2. The molecule has 8 nitrogen and oxygen atoms in total. The molecule has 1 unspecified atom stereocenters. The lowest BCUT2D eigenvalue weighted by molar-refractivity contribution is -0.136. The van der Waals surface area contributed by atoms with Gasteiger partial charge in [0.25, 0.3) is 5.91 Å². The van der Waals surface area contributed by atoms with Crippen molar-refractivity contribution in [3.8, 4) is 0 Å². The average molecular weight is 369 g/mol. The van der Waals surface area contributed by atoms with E-state index in [9.17, 15) is 9.59 Å². The monoisotopic (exact) mass is 369 g/mol. The molecule has 2 N–H and O–H groups in total. The zero-order valence-electron chi connectivity index (χ0n) is 15.2. The fourth-order valence-corrected chi connectivity index (χ4v) is 3.14. The number of carboxylic acid groups (broad SMARTS) is 1. The molecule has 0 radical (unpaired) electrons. The van der Waals surface area contributed by atoms with Crippen LogP contribution in [-0.2, 0) is 4.79 Å². The summed E-state index contributed by atoms with van der Waals surface area (Å²) in [4.78, 5) is 34.5. The zero-order chi connectivity index (χ0) is 19.2. The van der Waals surface area contributed by atoms with Gasteiger partial charge in [0, 0.05) is 56.1 Å². The summed E-state index contributed by atoms with van der Waals surface area (Å²) < 4.78 is 0. The van der Waals surface area contributed by atoms with Gasteiger partial charge < -0.3 is 15.3 Å². The van der Waals surface area contributed by atoms with Crippen LogP contribution < -0.4 is 10.2 Å². The first-order valence-electron chi connectivity index (χ1n) is 8.97. The van der Waals surface area contributed by atoms with E-state index >= 15 is 0 Å². The standard InChI is InChI=1S/C16H17N5O.C3H6O2/c22-15-13-5-2-1-4-12(13)14(19-15)20-8-10-21(11-9-20)16-17-6-3-7-18-16;1-2-3(4)5/h1-7,14H,8-11H2,(H,19,22);2H2,1H3,(H,4,5). The minimum atomic E-state index is -0.745. The van der Waals surface area contributed by atoms with E-state index in [2.05, 4.69) is 25.1 Å². The van der Waals surface area contributed by atoms with Crippen LogP contribution in [0.4, 0.5) is 5.95 Å². The number of rotatable bonds is 3. The molecule has 0 aliphatic carbocycles. The van der Waals surface area contributed by atoms with Crippen molar-refractivity contribution in [3.05, 3.63) is 53.9 Å². The highest BCUT2D eigenvalue weighted by atomic mass is 16.4. The first kappa shape index (κ1) is 18.8. The predicted octanol–water partition coefficient (Wildman–Crippen LogP) is 1.52. The Morgan fingerprint density at radius 1 is 1.15 bits per heavy atom. The number of aliphatic carboxylic acids is 1. The number of carboxylic acids is 1. The number of carbonyl (C=O) groups excluding carboxylic acids is 1. The fourth-order valence-electron chi connectivity index (χ4n) is 3.14. The molecular weight excluding hydrogens is 346 g/mol. The third kappa shape index (κ3) is 4.40. The lowest BCUT2D eigenvalue weighted by Gasteiger charge is -2.37. The van der Waals surface area contributed by atoms with E-state index in [1.165, 1.54) is 0 Å². The molecule has 8 heteroatoms. The molecule has 1 amide bonds. The summed E-state index contributed by atoms with van der Waals surface area (Å²) >= 11 is 0. The summed E-state index contributed by atoms with van der Waals surface area (Å²) in [7, 11) is 0. The van der Waals surface area contributed by atoms with Crippen LogP contribution in [0.3, 0.4) is 0 Å². The Kier molecular flexibility index (Phi) is 5.97. The molecule has 1 fully saturated rings. The topological polar surface area (TPSA) is 98.7 Å². The molecule has 1 aromatic heterocycles. The number of anilines is 1. The van der Waals surface area contributed by atoms with E-state index in [0.29, 0.717) is 0 Å². The van der Waals surface area contributed by atoms with Gasteiger partial charge in [0.2, 0.25) is 5.95 Å². The molecule has 2 aliphatic heterocycles. The minimum absolute atomic E-state index is 0.0115. The number of aromatic nitrogens is 2. The lowest BCUT2D eigenvalue weighted by Crippen LogP contribution is -2.50. The van der Waals surface area contributed by atoms with Crippen LogP contribution in [0.25, 0.3) is 0 Å². The van der Waals surface area contributed by atoms with E-state index in [1.807, 2.05) is 30.3 Å². The van der Waals surface area contributed by atoms with Crippen molar-refractivity contribution in [2.45, 2.75) is 19.5 Å². The van der Waals surface area contributed by atoms with Gasteiger partial charge in [-0.25, -0.2) is 9.97 Å². The van der Waals surface area contributed by atoms with Crippen molar-refractivity contribution in [2.24, 2.45) is 0 Å². The number of benzene rings is 1. The number of nitrogens with zero attached hydrogens (tertiary/aromatic N) is 4. The Bertz CT molecular complexity index is 791. The Labute approximate surface area is 157 Å². The third-order valence-electron chi connectivity index (χ3n) is 4.58. The summed E-state index contributed by atoms with van der Waals surface area (Å²) in [6.45, 7) is 5.06. The number of piperazine rings is 1. The molecule has 2 aromatic rings. The molecule has 27 heavy (non-hydrogen) atoms. The van der Waals surface area contributed by atoms with Gasteiger partial charge in [0.15, 0.2) is 0 Å². The van der Waals surface area contributed by atoms with Gasteiger partial charge in [-0.1, -0.05) is 25.1 Å². The van der Waals surface area contributed by atoms with Crippen molar-refractivity contribution in [3.63, 3.8) is 0 Å². The van der Waals surface area contributed by atoms with Crippen LogP contribution in [0.15, 0.2) is 42.7 Å². The summed E-state index contributed by atoms with van der Waals surface area (Å²) in [5, 5.41) is 10.8. The highest BCUT2D eigenvalue weighted by Crippen LogP contribution is 2.28. The molecule has 1 aromatic carbocycles. The first-order chi connectivity index (χ1) is 13.1. The summed E-state index contributed by atoms with van der Waals surface area (Å²) in [6, 6.07) is 9.64. The van der Waals surface area contributed by atoms with Gasteiger partial charge in [-0.3, -0.25) is 14.5 Å². The molecule has 0 spiro atoms. The molecule has 2 aliphatic rings. The van der Waals surface area contributed by atoms with E-state index in [1.54, 1.807) is 19.3 Å². The van der Waals surface area contributed by atoms with Crippen molar-refractivity contribution in [2.75, 3.05) is 31.1 Å². The van der Waals surface area contributed by atoms with Crippen molar-refractivity contribution < 1.29 is 14.7 Å². The second-order valence-corrected chi connectivity index (χ2v) is 6.28. The second-order valence-electron chi connectivity index (χ2n) is 6.28. The second kappa shape index (κ2) is 8.59. The predicted molar refractivity (Wildman–Crippen MR) is 100 cm³/mol. The highest BCUT2D eigenvalue weighted by molar-refractivity contribution is 5.99. The van der Waals surface area contributed by atoms with E-state index in [4.69, 9.17) is 5.11 Å². The van der Waals surface area contributed by atoms with E-state index in [0.717, 1.165) is 43.3 Å². The summed E-state index contributed by atoms with van der Waals surface area (Å²) in [6.07, 6.45) is 3.74. The fraction of sp³-hybridized carbons (Fsp3) is 0.368. The van der Waals surface area contributed by atoms with Gasteiger partial charge in [-0.2, -0.15) is 0 Å². The number of carbonyl (C=O) groups is 2. The van der Waals surface area contributed by atoms with Gasteiger partial charge in [-0.15, -0.1) is 0 Å². The minimum Gasteiger partial charge on any atom is -0.481 e. The van der Waals surface area contributed by atoms with Crippen molar-refractivity contribution in [1.29, 1.82) is 0 Å². The summed E-state index contributed by atoms with van der Waals surface area (Å²) in [5.74, 6) is 0.0532. The third-order valence-corrected chi connectivity index (χ3v) is 4.58. The van der Waals surface area contributed by atoms with E-state index < -0.39 is 5.97 Å². The Morgan fingerprint density at radius 3 is 2.41 bits per heavy atom. The van der Waals surface area contributed by atoms with Crippen LogP contribution in [0.5, 0.6) is 0 Å². The smallest absolute Gasteiger partial charge is 0.303 e. The molecular formula is C19H23N5O3. The van der Waals surface area contributed by atoms with Gasteiger partial charge in [0.1, 0.15) is 6.17 Å². The van der Waals surface area contributed by atoms with Crippen LogP contribution in [0.1, 0.15) is 35.4 Å². The number of amides is 1. The van der Waals surface area contributed by atoms with Crippen LogP contribution in [0.2, 0.25) is 0 Å². The Balaban J connectivity index is 0.000000376. The van der Waals surface area contributed by atoms with E-state index in [-0.39, 0.29) is 18.5 Å². The SMILES string of the molecule is CCC(=O)O.O=C1NC(N2CCN(c3ncccn3)CC2)c2ccccc21. The maximum absolute atomic E-state index is 12.0. The van der Waals surface area contributed by atoms with Crippen LogP contribution in [-0.4, -0.2) is 58.0 Å². The van der Waals surface area contributed by atoms with Gasteiger partial charge in [-0.05, 0) is 12.1 Å². The Morgan fingerprint density at radius 2 is 1.78 bits per heavy atom. The highest BCUT2D eigenvalue weighted by Gasteiger charge is 2.34. The van der Waals surface area contributed by atoms with Crippen molar-refractivity contribution >= 4 is 17.8 Å². The number of fused-ring (bicyclic) bond motifs is 1. The molecule has 142 valence electrons. The molecule has 1 saturated heterocycles. The average Bonchev–Trinajstić information content (AvgIpc) is 3.06. The lowest BCUT2D eigenvalue weighted by atomic mass is 10.1. The van der Waals surface area contributed by atoms with Crippen LogP contribution in [0, 0.1) is 0 Å². The molecule has 0 bridgehead atoms. The quantitative estimate of drug-likeness (QED) is 0.846.